The second-order valence-electron chi connectivity index (χ2n) is 8.11. The Hall–Kier alpha value is -2.72. The normalized spacial score (nSPS) is 24.6. The van der Waals surface area contributed by atoms with E-state index < -0.39 is 30.1 Å². The molecule has 0 radical (unpaired) electrons. The first-order valence-corrected chi connectivity index (χ1v) is 11.0. The van der Waals surface area contributed by atoms with E-state index in [1.807, 2.05) is 0 Å². The van der Waals surface area contributed by atoms with E-state index in [2.05, 4.69) is 9.88 Å². The summed E-state index contributed by atoms with van der Waals surface area (Å²) in [6, 6.07) is 3.74. The highest BCUT2D eigenvalue weighted by molar-refractivity contribution is 5.73. The lowest BCUT2D eigenvalue weighted by molar-refractivity contribution is -0.193. The fourth-order valence-corrected chi connectivity index (χ4v) is 4.13. The minimum Gasteiger partial charge on any atom is -0.475 e. The van der Waals surface area contributed by atoms with Crippen LogP contribution in [0.4, 0.5) is 30.7 Å². The second kappa shape index (κ2) is 13.2. The van der Waals surface area contributed by atoms with E-state index in [0.717, 1.165) is 45.4 Å². The number of aromatic nitrogens is 1. The van der Waals surface area contributed by atoms with Gasteiger partial charge in [0.05, 0.1) is 12.7 Å². The number of rotatable bonds is 3. The molecule has 0 aromatic carbocycles. The zero-order valence-electron chi connectivity index (χ0n) is 19.2. The monoisotopic (exact) mass is 550 g/mol. The van der Waals surface area contributed by atoms with Crippen LogP contribution in [-0.2, 0) is 19.1 Å². The Morgan fingerprint density at radius 2 is 1.54 bits per heavy atom. The SMILES string of the molecule is Fc1cccnc1OC1C2CCC1N(C1CCOCC1)CCO2.O=C(O)C(F)(F)F.O=C(O)C(F)(F)F. The van der Waals surface area contributed by atoms with Gasteiger partial charge < -0.3 is 24.4 Å². The molecule has 2 N–H and O–H groups in total. The van der Waals surface area contributed by atoms with Gasteiger partial charge in [-0.15, -0.1) is 0 Å². The Balaban J connectivity index is 0.000000286. The summed E-state index contributed by atoms with van der Waals surface area (Å²) in [5.74, 6) is -5.83. The number of ether oxygens (including phenoxy) is 3. The molecule has 3 aliphatic rings. The average molecular weight is 550 g/mol. The van der Waals surface area contributed by atoms with E-state index in [1.54, 1.807) is 12.3 Å². The second-order valence-corrected chi connectivity index (χ2v) is 8.11. The van der Waals surface area contributed by atoms with E-state index in [1.165, 1.54) is 6.07 Å². The van der Waals surface area contributed by atoms with Gasteiger partial charge in [0.2, 0.25) is 0 Å². The first-order valence-electron chi connectivity index (χ1n) is 11.0. The molecule has 9 nitrogen and oxygen atoms in total. The third-order valence-electron chi connectivity index (χ3n) is 5.72. The summed E-state index contributed by atoms with van der Waals surface area (Å²) in [7, 11) is 0. The van der Waals surface area contributed by atoms with Crippen LogP contribution in [0, 0.1) is 5.82 Å². The van der Waals surface area contributed by atoms with Gasteiger partial charge >= 0.3 is 24.3 Å². The fraction of sp³-hybridized carbons (Fsp3) is 0.667. The van der Waals surface area contributed by atoms with Crippen molar-refractivity contribution in [2.24, 2.45) is 0 Å². The third kappa shape index (κ3) is 9.27. The molecule has 0 amide bonds. The number of hydrogen-bond donors (Lipinski definition) is 2. The van der Waals surface area contributed by atoms with Crippen LogP contribution in [0.15, 0.2) is 18.3 Å². The van der Waals surface area contributed by atoms with Gasteiger partial charge in [0.1, 0.15) is 6.10 Å². The molecule has 3 fully saturated rings. The van der Waals surface area contributed by atoms with Gasteiger partial charge in [-0.2, -0.15) is 26.3 Å². The van der Waals surface area contributed by atoms with Gasteiger partial charge in [-0.3, -0.25) is 4.90 Å². The lowest BCUT2D eigenvalue weighted by Gasteiger charge is -2.39. The largest absolute Gasteiger partial charge is 0.490 e. The van der Waals surface area contributed by atoms with Crippen molar-refractivity contribution in [2.75, 3.05) is 26.4 Å². The van der Waals surface area contributed by atoms with Gasteiger partial charge in [-0.05, 0) is 37.8 Å². The predicted molar refractivity (Wildman–Crippen MR) is 109 cm³/mol. The number of carbonyl (C=O) groups is 2. The molecule has 3 heterocycles. The number of carboxylic acid groups (broad SMARTS) is 2. The molecule has 210 valence electrons. The van der Waals surface area contributed by atoms with Gasteiger partial charge in [0.15, 0.2) is 5.82 Å². The summed E-state index contributed by atoms with van der Waals surface area (Å²) in [5.41, 5.74) is 0. The topological polar surface area (TPSA) is 118 Å². The van der Waals surface area contributed by atoms with Crippen LogP contribution in [0.3, 0.4) is 0 Å². The number of alkyl halides is 6. The van der Waals surface area contributed by atoms with Crippen molar-refractivity contribution >= 4 is 11.9 Å². The molecular formula is C21H25F7N2O7. The Bertz CT molecular complexity index is 871. The molecule has 0 spiro atoms. The number of carboxylic acids is 2. The van der Waals surface area contributed by atoms with Crippen molar-refractivity contribution in [3.63, 3.8) is 0 Å². The zero-order chi connectivity index (χ0) is 27.8. The van der Waals surface area contributed by atoms with Gasteiger partial charge in [0, 0.05) is 38.0 Å². The molecule has 2 bridgehead atoms. The Morgan fingerprint density at radius 1 is 0.973 bits per heavy atom. The van der Waals surface area contributed by atoms with Crippen LogP contribution in [0.5, 0.6) is 5.88 Å². The molecular weight excluding hydrogens is 525 g/mol. The van der Waals surface area contributed by atoms with Crippen molar-refractivity contribution in [1.29, 1.82) is 0 Å². The van der Waals surface area contributed by atoms with Crippen LogP contribution in [-0.4, -0.2) is 95.0 Å². The van der Waals surface area contributed by atoms with Crippen LogP contribution in [0.25, 0.3) is 0 Å². The van der Waals surface area contributed by atoms with Crippen LogP contribution in [0.2, 0.25) is 0 Å². The predicted octanol–water partition coefficient (Wildman–Crippen LogP) is 3.28. The lowest BCUT2D eigenvalue weighted by atomic mass is 10.0. The van der Waals surface area contributed by atoms with Crippen molar-refractivity contribution in [3.8, 4) is 5.88 Å². The summed E-state index contributed by atoms with van der Waals surface area (Å²) in [6.45, 7) is 3.26. The number of fused-ring (bicyclic) bond motifs is 2. The number of pyridine rings is 1. The molecule has 1 saturated carbocycles. The molecule has 4 rings (SSSR count). The van der Waals surface area contributed by atoms with Crippen molar-refractivity contribution in [1.82, 2.24) is 9.88 Å². The molecule has 3 unspecified atom stereocenters. The van der Waals surface area contributed by atoms with Crippen LogP contribution >= 0.6 is 0 Å². The highest BCUT2D eigenvalue weighted by atomic mass is 19.4. The van der Waals surface area contributed by atoms with Gasteiger partial charge in [-0.25, -0.2) is 19.0 Å². The quantitative estimate of drug-likeness (QED) is 0.547. The zero-order valence-corrected chi connectivity index (χ0v) is 19.2. The van der Waals surface area contributed by atoms with E-state index >= 15 is 0 Å². The van der Waals surface area contributed by atoms with E-state index in [-0.39, 0.29) is 24.1 Å². The molecule has 1 aromatic rings. The summed E-state index contributed by atoms with van der Waals surface area (Å²) < 4.78 is 94.9. The smallest absolute Gasteiger partial charge is 0.475 e. The molecule has 2 aliphatic heterocycles. The number of aliphatic carboxylic acids is 2. The number of halogens is 7. The first-order chi connectivity index (χ1) is 17.2. The first kappa shape index (κ1) is 30.5. The fourth-order valence-electron chi connectivity index (χ4n) is 4.13. The van der Waals surface area contributed by atoms with Crippen molar-refractivity contribution in [2.45, 2.75) is 62.3 Å². The number of hydrogen-bond acceptors (Lipinski definition) is 7. The van der Waals surface area contributed by atoms with Gasteiger partial charge in [-0.1, -0.05) is 0 Å². The minimum atomic E-state index is -5.08. The molecule has 1 aliphatic carbocycles. The molecule has 3 atom stereocenters. The van der Waals surface area contributed by atoms with Crippen LogP contribution in [0.1, 0.15) is 25.7 Å². The minimum absolute atomic E-state index is 0.0336. The summed E-state index contributed by atoms with van der Waals surface area (Å²) in [5, 5.41) is 14.2. The summed E-state index contributed by atoms with van der Waals surface area (Å²) in [4.78, 5) is 24.4. The third-order valence-corrected chi connectivity index (χ3v) is 5.72. The van der Waals surface area contributed by atoms with E-state index in [0.29, 0.717) is 12.6 Å². The van der Waals surface area contributed by atoms with Crippen LogP contribution < -0.4 is 4.74 Å². The standard InChI is InChI=1S/C17H23FN2O3.2C2HF3O2/c18-13-2-1-7-19-17(13)23-16-14-3-4-15(16)22-11-8-20(14)12-5-9-21-10-6-12;2*3-2(4,5)1(6)7/h1-2,7,12,14-16H,3-6,8-11H2;2*(H,6,7). The summed E-state index contributed by atoms with van der Waals surface area (Å²) >= 11 is 0. The lowest BCUT2D eigenvalue weighted by Crippen LogP contribution is -2.51. The van der Waals surface area contributed by atoms with Gasteiger partial charge in [0.25, 0.3) is 5.88 Å². The highest BCUT2D eigenvalue weighted by Gasteiger charge is 2.46. The number of nitrogens with zero attached hydrogens (tertiary/aromatic N) is 2. The maximum atomic E-state index is 13.9. The Kier molecular flexibility index (Phi) is 10.9. The maximum absolute atomic E-state index is 13.9. The average Bonchev–Trinajstić information content (AvgIpc) is 3.10. The van der Waals surface area contributed by atoms with Crippen molar-refractivity contribution in [3.05, 3.63) is 24.1 Å². The molecule has 37 heavy (non-hydrogen) atoms. The van der Waals surface area contributed by atoms with E-state index in [4.69, 9.17) is 34.0 Å². The van der Waals surface area contributed by atoms with Crippen molar-refractivity contribution < 1.29 is 64.7 Å². The highest BCUT2D eigenvalue weighted by Crippen LogP contribution is 2.35. The van der Waals surface area contributed by atoms with E-state index in [9.17, 15) is 30.7 Å². The molecule has 16 heteroatoms. The Labute approximate surface area is 206 Å². The Morgan fingerprint density at radius 3 is 2.05 bits per heavy atom. The molecule has 2 saturated heterocycles. The maximum Gasteiger partial charge on any atom is 0.490 e. The molecule has 1 aromatic heterocycles. The summed E-state index contributed by atoms with van der Waals surface area (Å²) in [6.07, 6.45) is -4.63.